The van der Waals surface area contributed by atoms with Gasteiger partial charge in [-0.25, -0.2) is 9.79 Å². The minimum atomic E-state index is -0.705. The maximum Gasteiger partial charge on any atom is 0.338 e. The summed E-state index contributed by atoms with van der Waals surface area (Å²) in [5.74, 6) is 1.36. The van der Waals surface area contributed by atoms with Crippen molar-refractivity contribution in [2.45, 2.75) is 19.9 Å². The van der Waals surface area contributed by atoms with Gasteiger partial charge in [-0.2, -0.15) is 0 Å². The molecule has 0 amide bonds. The minimum absolute atomic E-state index is 0.207. The summed E-state index contributed by atoms with van der Waals surface area (Å²) in [7, 11) is 3.14. The highest BCUT2D eigenvalue weighted by Crippen LogP contribution is 2.32. The number of aromatic nitrogens is 1. The van der Waals surface area contributed by atoms with E-state index in [2.05, 4.69) is 11.6 Å². The third kappa shape index (κ3) is 5.22. The molecule has 8 nitrogen and oxygen atoms in total. The zero-order valence-corrected chi connectivity index (χ0v) is 22.0. The number of methoxy groups -OCH3 is 2. The average Bonchev–Trinajstić information content (AvgIpc) is 3.21. The lowest BCUT2D eigenvalue weighted by Crippen LogP contribution is -2.39. The number of hydrogen-bond donors (Lipinski definition) is 0. The summed E-state index contributed by atoms with van der Waals surface area (Å²) in [4.78, 5) is 31.9. The molecule has 0 saturated carbocycles. The average molecular weight is 521 g/mol. The van der Waals surface area contributed by atoms with Gasteiger partial charge in [0.2, 0.25) is 0 Å². The number of carbonyl (C=O) groups excluding carboxylic acids is 1. The largest absolute Gasteiger partial charge is 0.497 e. The van der Waals surface area contributed by atoms with Gasteiger partial charge in [-0.3, -0.25) is 9.36 Å². The predicted molar refractivity (Wildman–Crippen MR) is 142 cm³/mol. The number of ether oxygens (including phenoxy) is 4. The van der Waals surface area contributed by atoms with Gasteiger partial charge in [0, 0.05) is 11.6 Å². The van der Waals surface area contributed by atoms with Crippen molar-refractivity contribution in [3.8, 4) is 17.2 Å². The molecule has 0 saturated heterocycles. The summed E-state index contributed by atoms with van der Waals surface area (Å²) >= 11 is 1.25. The molecule has 0 radical (unpaired) electrons. The first-order valence-corrected chi connectivity index (χ1v) is 12.5. The van der Waals surface area contributed by atoms with Gasteiger partial charge in [0.15, 0.2) is 4.80 Å². The number of esters is 1. The number of nitrogens with zero attached hydrogens (tertiary/aromatic N) is 2. The summed E-state index contributed by atoms with van der Waals surface area (Å²) in [6, 6.07) is 11.9. The Bertz CT molecular complexity index is 1530. The van der Waals surface area contributed by atoms with Crippen molar-refractivity contribution in [2.75, 3.05) is 27.4 Å². The van der Waals surface area contributed by atoms with E-state index in [0.717, 1.165) is 11.1 Å². The van der Waals surface area contributed by atoms with Crippen LogP contribution in [0.5, 0.6) is 17.2 Å². The minimum Gasteiger partial charge on any atom is -0.497 e. The van der Waals surface area contributed by atoms with Crippen LogP contribution in [0.15, 0.2) is 76.2 Å². The Hall–Kier alpha value is -4.11. The highest BCUT2D eigenvalue weighted by molar-refractivity contribution is 7.07. The zero-order valence-electron chi connectivity index (χ0n) is 21.1. The Labute approximate surface area is 218 Å². The Morgan fingerprint density at radius 2 is 1.86 bits per heavy atom. The number of thiazole rings is 1. The Morgan fingerprint density at radius 1 is 1.14 bits per heavy atom. The quantitative estimate of drug-likeness (QED) is 0.318. The fourth-order valence-corrected chi connectivity index (χ4v) is 5.12. The van der Waals surface area contributed by atoms with Crippen LogP contribution in [0.25, 0.3) is 6.08 Å². The van der Waals surface area contributed by atoms with E-state index in [0.29, 0.717) is 44.5 Å². The Kier molecular flexibility index (Phi) is 7.93. The fourth-order valence-electron chi connectivity index (χ4n) is 4.09. The molecule has 1 aliphatic heterocycles. The lowest BCUT2D eigenvalue weighted by Gasteiger charge is -2.24. The van der Waals surface area contributed by atoms with Crippen LogP contribution in [-0.2, 0) is 9.53 Å². The fraction of sp³-hybridized carbons (Fsp3) is 0.250. The number of hydrogen-bond acceptors (Lipinski definition) is 8. The van der Waals surface area contributed by atoms with Crippen LogP contribution in [0.3, 0.4) is 0 Å². The van der Waals surface area contributed by atoms with E-state index in [1.165, 1.54) is 11.3 Å². The number of fused-ring (bicyclic) bond motifs is 1. The third-order valence-electron chi connectivity index (χ3n) is 5.81. The maximum atomic E-state index is 13.8. The molecule has 4 rings (SSSR count). The molecule has 1 atom stereocenters. The molecule has 0 unspecified atom stereocenters. The van der Waals surface area contributed by atoms with Gasteiger partial charge in [-0.1, -0.05) is 36.1 Å². The molecule has 3 aromatic rings. The summed E-state index contributed by atoms with van der Waals surface area (Å²) in [6.07, 6.45) is 3.42. The third-order valence-corrected chi connectivity index (χ3v) is 6.79. The molecular formula is C28H28N2O6S. The first-order valence-electron chi connectivity index (χ1n) is 11.7. The smallest absolute Gasteiger partial charge is 0.338 e. The van der Waals surface area contributed by atoms with Crippen molar-refractivity contribution in [3.05, 3.63) is 97.2 Å². The van der Waals surface area contributed by atoms with Gasteiger partial charge in [-0.05, 0) is 49.8 Å². The second-order valence-electron chi connectivity index (χ2n) is 8.08. The normalized spacial score (nSPS) is 15.0. The van der Waals surface area contributed by atoms with E-state index in [1.54, 1.807) is 69.1 Å². The van der Waals surface area contributed by atoms with E-state index in [-0.39, 0.29) is 12.2 Å². The van der Waals surface area contributed by atoms with Crippen LogP contribution in [-0.4, -0.2) is 38.0 Å². The molecule has 0 spiro atoms. The second kappa shape index (κ2) is 11.3. The van der Waals surface area contributed by atoms with E-state index in [9.17, 15) is 9.59 Å². The summed E-state index contributed by atoms with van der Waals surface area (Å²) in [5, 5.41) is 0. The van der Waals surface area contributed by atoms with Crippen molar-refractivity contribution in [2.24, 2.45) is 4.99 Å². The monoisotopic (exact) mass is 520 g/mol. The van der Waals surface area contributed by atoms with E-state index < -0.39 is 12.0 Å². The van der Waals surface area contributed by atoms with Gasteiger partial charge in [0.1, 0.15) is 23.9 Å². The van der Waals surface area contributed by atoms with Gasteiger partial charge >= 0.3 is 5.97 Å². The topological polar surface area (TPSA) is 88.4 Å². The number of benzene rings is 2. The lowest BCUT2D eigenvalue weighted by atomic mass is 9.96. The first-order chi connectivity index (χ1) is 17.9. The maximum absolute atomic E-state index is 13.8. The number of rotatable bonds is 9. The second-order valence-corrected chi connectivity index (χ2v) is 9.09. The predicted octanol–water partition coefficient (Wildman–Crippen LogP) is 3.38. The van der Waals surface area contributed by atoms with Crippen molar-refractivity contribution in [1.29, 1.82) is 0 Å². The van der Waals surface area contributed by atoms with Gasteiger partial charge in [0.05, 0.1) is 42.7 Å². The molecule has 0 bridgehead atoms. The van der Waals surface area contributed by atoms with Crippen molar-refractivity contribution in [1.82, 2.24) is 4.57 Å². The molecule has 0 aliphatic carbocycles. The number of allylic oxidation sites excluding steroid dienone is 1. The molecule has 37 heavy (non-hydrogen) atoms. The van der Waals surface area contributed by atoms with Gasteiger partial charge in [0.25, 0.3) is 5.56 Å². The van der Waals surface area contributed by atoms with Crippen LogP contribution in [0.2, 0.25) is 0 Å². The van der Waals surface area contributed by atoms with E-state index in [1.807, 2.05) is 18.2 Å². The highest BCUT2D eigenvalue weighted by atomic mass is 32.1. The zero-order chi connectivity index (χ0) is 26.5. The Morgan fingerprint density at radius 3 is 2.51 bits per heavy atom. The highest BCUT2D eigenvalue weighted by Gasteiger charge is 2.33. The molecule has 1 aliphatic rings. The van der Waals surface area contributed by atoms with Crippen LogP contribution < -0.4 is 29.1 Å². The van der Waals surface area contributed by atoms with Crippen LogP contribution in [0.4, 0.5) is 0 Å². The lowest BCUT2D eigenvalue weighted by molar-refractivity contribution is -0.139. The molecular weight excluding hydrogens is 492 g/mol. The van der Waals surface area contributed by atoms with Crippen LogP contribution >= 0.6 is 11.3 Å². The van der Waals surface area contributed by atoms with Crippen molar-refractivity contribution in [3.63, 3.8) is 0 Å². The molecule has 0 fully saturated rings. The molecule has 0 N–H and O–H groups in total. The van der Waals surface area contributed by atoms with E-state index in [4.69, 9.17) is 18.9 Å². The summed E-state index contributed by atoms with van der Waals surface area (Å²) in [5.41, 5.74) is 2.01. The van der Waals surface area contributed by atoms with Crippen LogP contribution in [0, 0.1) is 0 Å². The number of carbonyl (C=O) groups is 1. The van der Waals surface area contributed by atoms with Crippen molar-refractivity contribution < 1.29 is 23.7 Å². The van der Waals surface area contributed by atoms with Crippen molar-refractivity contribution >= 4 is 23.4 Å². The summed E-state index contributed by atoms with van der Waals surface area (Å²) in [6.45, 7) is 7.74. The Balaban J connectivity index is 1.89. The first kappa shape index (κ1) is 26.0. The molecule has 9 heteroatoms. The molecule has 2 aromatic carbocycles. The molecule has 192 valence electrons. The van der Waals surface area contributed by atoms with Crippen LogP contribution in [0.1, 0.15) is 31.0 Å². The molecule has 1 aromatic heterocycles. The summed E-state index contributed by atoms with van der Waals surface area (Å²) < 4.78 is 23.7. The SMILES string of the molecule is C=CCOc1ccc([C@H]2C(C(=O)OCC)=C(C)N=c3sc(=Cc4ccc(OC)cc4OC)c(=O)n32)cc1. The molecule has 2 heterocycles. The van der Waals surface area contributed by atoms with E-state index >= 15 is 0 Å². The van der Waals surface area contributed by atoms with Gasteiger partial charge < -0.3 is 18.9 Å². The van der Waals surface area contributed by atoms with Gasteiger partial charge in [-0.15, -0.1) is 0 Å². The standard InChI is InChI=1S/C28H28N2O6S/c1-6-14-36-20-11-8-18(9-12-20)25-24(27(32)35-7-2)17(3)29-28-30(25)26(31)23(37-28)15-19-10-13-21(33-4)16-22(19)34-5/h6,8-13,15-16,25H,1,7,14H2,2-5H3/t25-/m0/s1.